The summed E-state index contributed by atoms with van der Waals surface area (Å²) in [6.07, 6.45) is 5.11. The highest BCUT2D eigenvalue weighted by Gasteiger charge is 2.21. The van der Waals surface area contributed by atoms with E-state index in [1.165, 1.54) is 11.3 Å². The van der Waals surface area contributed by atoms with Crippen molar-refractivity contribution in [3.8, 4) is 0 Å². The summed E-state index contributed by atoms with van der Waals surface area (Å²) in [5.41, 5.74) is 1.13. The van der Waals surface area contributed by atoms with E-state index in [0.29, 0.717) is 12.0 Å². The molecule has 1 aromatic rings. The van der Waals surface area contributed by atoms with Crippen molar-refractivity contribution in [1.82, 2.24) is 10.3 Å². The molecule has 3 unspecified atom stereocenters. The number of nitrogens with zero attached hydrogens (tertiary/aromatic N) is 1. The molecule has 1 aliphatic rings. The zero-order valence-corrected chi connectivity index (χ0v) is 14.2. The first-order valence-corrected chi connectivity index (χ1v) is 8.78. The van der Waals surface area contributed by atoms with E-state index in [4.69, 9.17) is 4.74 Å². The molecule has 4 nitrogen and oxygen atoms in total. The molecule has 1 aromatic heterocycles. The molecule has 1 saturated carbocycles. The Hall–Kier alpha value is -0.490. The molecule has 0 radical (unpaired) electrons. The Kier molecular flexibility index (Phi) is 6.61. The van der Waals surface area contributed by atoms with Crippen LogP contribution in [0.2, 0.25) is 0 Å². The maximum atomic E-state index is 9.74. The molecule has 0 aliphatic heterocycles. The van der Waals surface area contributed by atoms with Gasteiger partial charge in [-0.25, -0.2) is 4.98 Å². The van der Waals surface area contributed by atoms with E-state index in [-0.39, 0.29) is 6.10 Å². The van der Waals surface area contributed by atoms with Crippen LogP contribution in [0, 0.1) is 12.8 Å². The summed E-state index contributed by atoms with van der Waals surface area (Å²) in [7, 11) is 1.73. The van der Waals surface area contributed by atoms with Crippen LogP contribution in [0.25, 0.3) is 0 Å². The Morgan fingerprint density at radius 3 is 3.00 bits per heavy atom. The Bertz CT molecular complexity index is 436. The Labute approximate surface area is 131 Å². The van der Waals surface area contributed by atoms with E-state index in [1.54, 1.807) is 18.4 Å². The SMILES string of the molecule is COCCc1nc(C)c(C(C)NCC2CCCC(O)C2)s1. The average Bonchev–Trinajstić information content (AvgIpc) is 2.84. The number of aryl methyl sites for hydroxylation is 1. The third-order valence-corrected chi connectivity index (χ3v) is 5.66. The molecule has 1 fully saturated rings. The predicted molar refractivity (Wildman–Crippen MR) is 86.8 cm³/mol. The van der Waals surface area contributed by atoms with Crippen molar-refractivity contribution in [2.24, 2.45) is 5.92 Å². The molecule has 0 amide bonds. The summed E-state index contributed by atoms with van der Waals surface area (Å²) in [4.78, 5) is 5.97. The first kappa shape index (κ1) is 16.9. The number of aliphatic hydroxyl groups is 1. The van der Waals surface area contributed by atoms with Gasteiger partial charge < -0.3 is 15.2 Å². The van der Waals surface area contributed by atoms with Crippen LogP contribution in [-0.2, 0) is 11.2 Å². The smallest absolute Gasteiger partial charge is 0.0954 e. The quantitative estimate of drug-likeness (QED) is 0.813. The summed E-state index contributed by atoms with van der Waals surface area (Å²) in [5.74, 6) is 0.609. The highest BCUT2D eigenvalue weighted by Crippen LogP contribution is 2.27. The van der Waals surface area contributed by atoms with E-state index in [0.717, 1.165) is 49.5 Å². The molecule has 120 valence electrons. The van der Waals surface area contributed by atoms with Gasteiger partial charge in [-0.2, -0.15) is 0 Å². The van der Waals surface area contributed by atoms with E-state index in [2.05, 4.69) is 24.1 Å². The van der Waals surface area contributed by atoms with E-state index >= 15 is 0 Å². The van der Waals surface area contributed by atoms with E-state index in [9.17, 15) is 5.11 Å². The lowest BCUT2D eigenvalue weighted by atomic mass is 9.87. The predicted octanol–water partition coefficient (Wildman–Crippen LogP) is 2.84. The van der Waals surface area contributed by atoms with Crippen molar-refractivity contribution in [2.45, 2.75) is 58.1 Å². The second-order valence-electron chi connectivity index (χ2n) is 6.12. The highest BCUT2D eigenvalue weighted by atomic mass is 32.1. The van der Waals surface area contributed by atoms with Crippen LogP contribution in [0.15, 0.2) is 0 Å². The number of nitrogens with one attached hydrogen (secondary N) is 1. The van der Waals surface area contributed by atoms with Crippen LogP contribution in [0.3, 0.4) is 0 Å². The topological polar surface area (TPSA) is 54.4 Å². The Morgan fingerprint density at radius 2 is 2.29 bits per heavy atom. The standard InChI is InChI=1S/C16H28N2O2S/c1-11(17-10-13-5-4-6-14(19)9-13)16-12(2)18-15(21-16)7-8-20-3/h11,13-14,17,19H,4-10H2,1-3H3. The lowest BCUT2D eigenvalue weighted by molar-refractivity contribution is 0.0998. The molecule has 2 N–H and O–H groups in total. The van der Waals surface area contributed by atoms with Crippen LogP contribution in [0.5, 0.6) is 0 Å². The third kappa shape index (κ3) is 5.02. The molecule has 0 spiro atoms. The van der Waals surface area contributed by atoms with Gasteiger partial charge in [0.2, 0.25) is 0 Å². The summed E-state index contributed by atoms with van der Waals surface area (Å²) in [6, 6.07) is 0.331. The van der Waals surface area contributed by atoms with Gasteiger partial charge in [-0.05, 0) is 45.6 Å². The van der Waals surface area contributed by atoms with Crippen molar-refractivity contribution < 1.29 is 9.84 Å². The number of thiazole rings is 1. The van der Waals surface area contributed by atoms with Gasteiger partial charge in [0.1, 0.15) is 0 Å². The van der Waals surface area contributed by atoms with Gasteiger partial charge in [0.05, 0.1) is 23.4 Å². The van der Waals surface area contributed by atoms with Gasteiger partial charge in [0, 0.05) is 24.4 Å². The zero-order chi connectivity index (χ0) is 15.2. The first-order chi connectivity index (χ1) is 10.1. The number of methoxy groups -OCH3 is 1. The summed E-state index contributed by atoms with van der Waals surface area (Å²) in [6.45, 7) is 6.02. The fourth-order valence-corrected chi connectivity index (χ4v) is 4.12. The maximum Gasteiger partial charge on any atom is 0.0954 e. The highest BCUT2D eigenvalue weighted by molar-refractivity contribution is 7.11. The van der Waals surface area contributed by atoms with Gasteiger partial charge in [-0.15, -0.1) is 11.3 Å². The number of aliphatic hydroxyl groups excluding tert-OH is 1. The normalized spacial score (nSPS) is 24.2. The fourth-order valence-electron chi connectivity index (χ4n) is 3.05. The first-order valence-electron chi connectivity index (χ1n) is 7.96. The van der Waals surface area contributed by atoms with E-state index < -0.39 is 0 Å². The van der Waals surface area contributed by atoms with Crippen LogP contribution in [0.1, 0.15) is 54.2 Å². The van der Waals surface area contributed by atoms with Crippen molar-refractivity contribution in [1.29, 1.82) is 0 Å². The second kappa shape index (κ2) is 8.22. The van der Waals surface area contributed by atoms with Crippen LogP contribution >= 0.6 is 11.3 Å². The number of aromatic nitrogens is 1. The van der Waals surface area contributed by atoms with Crippen molar-refractivity contribution >= 4 is 11.3 Å². The van der Waals surface area contributed by atoms with Gasteiger partial charge in [0.15, 0.2) is 0 Å². The van der Waals surface area contributed by atoms with Gasteiger partial charge in [0.25, 0.3) is 0 Å². The molecular weight excluding hydrogens is 284 g/mol. The minimum atomic E-state index is -0.0911. The fraction of sp³-hybridized carbons (Fsp3) is 0.812. The summed E-state index contributed by atoms with van der Waals surface area (Å²) >= 11 is 1.79. The number of ether oxygens (including phenoxy) is 1. The minimum absolute atomic E-state index is 0.0911. The van der Waals surface area contributed by atoms with Crippen molar-refractivity contribution in [3.05, 3.63) is 15.6 Å². The zero-order valence-electron chi connectivity index (χ0n) is 13.4. The molecule has 3 atom stereocenters. The summed E-state index contributed by atoms with van der Waals surface area (Å²) in [5, 5.41) is 14.5. The lowest BCUT2D eigenvalue weighted by Gasteiger charge is -2.27. The van der Waals surface area contributed by atoms with Crippen molar-refractivity contribution in [2.75, 3.05) is 20.3 Å². The van der Waals surface area contributed by atoms with Gasteiger partial charge >= 0.3 is 0 Å². The Balaban J connectivity index is 1.84. The Morgan fingerprint density at radius 1 is 1.48 bits per heavy atom. The van der Waals surface area contributed by atoms with Crippen LogP contribution in [0.4, 0.5) is 0 Å². The molecule has 2 rings (SSSR count). The van der Waals surface area contributed by atoms with E-state index in [1.807, 2.05) is 0 Å². The molecule has 0 saturated heterocycles. The monoisotopic (exact) mass is 312 g/mol. The van der Waals surface area contributed by atoms with Gasteiger partial charge in [-0.3, -0.25) is 0 Å². The molecule has 21 heavy (non-hydrogen) atoms. The van der Waals surface area contributed by atoms with Crippen LogP contribution < -0.4 is 5.32 Å². The maximum absolute atomic E-state index is 9.74. The largest absolute Gasteiger partial charge is 0.393 e. The minimum Gasteiger partial charge on any atom is -0.393 e. The number of rotatable bonds is 7. The number of hydrogen-bond donors (Lipinski definition) is 2. The van der Waals surface area contributed by atoms with Gasteiger partial charge in [-0.1, -0.05) is 6.42 Å². The molecule has 0 bridgehead atoms. The molecule has 0 aromatic carbocycles. The molecule has 5 heteroatoms. The number of hydrogen-bond acceptors (Lipinski definition) is 5. The summed E-state index contributed by atoms with van der Waals surface area (Å²) < 4.78 is 5.12. The average molecular weight is 312 g/mol. The lowest BCUT2D eigenvalue weighted by Crippen LogP contribution is -2.30. The third-order valence-electron chi connectivity index (χ3n) is 4.26. The molecule has 1 heterocycles. The molecule has 1 aliphatic carbocycles. The van der Waals surface area contributed by atoms with Crippen LogP contribution in [-0.4, -0.2) is 36.5 Å². The molecular formula is C16H28N2O2S. The van der Waals surface area contributed by atoms with Crippen molar-refractivity contribution in [3.63, 3.8) is 0 Å². The second-order valence-corrected chi connectivity index (χ2v) is 7.23.